The van der Waals surface area contributed by atoms with Crippen LogP contribution in [0.4, 0.5) is 22.7 Å². The number of hydrogen-bond donors (Lipinski definition) is 2. The second-order valence-corrected chi connectivity index (χ2v) is 11.4. The van der Waals surface area contributed by atoms with Gasteiger partial charge in [0.25, 0.3) is 5.91 Å². The highest BCUT2D eigenvalue weighted by Crippen LogP contribution is 2.29. The van der Waals surface area contributed by atoms with Crippen LogP contribution in [0.5, 0.6) is 0 Å². The largest absolute Gasteiger partial charge is 0.398 e. The number of carbonyl (C=O) groups is 3. The topological polar surface area (TPSA) is 133 Å². The monoisotopic (exact) mass is 569 g/mol. The minimum absolute atomic E-state index is 0.0946. The molecule has 0 saturated carbocycles. The van der Waals surface area contributed by atoms with Crippen molar-refractivity contribution >= 4 is 62.4 Å². The van der Waals surface area contributed by atoms with Crippen LogP contribution in [0.25, 0.3) is 0 Å². The molecule has 39 heavy (non-hydrogen) atoms. The Bertz CT molecular complexity index is 1490. The van der Waals surface area contributed by atoms with E-state index < -0.39 is 15.7 Å². The van der Waals surface area contributed by atoms with E-state index in [0.29, 0.717) is 60.2 Å². The maximum absolute atomic E-state index is 13.4. The number of rotatable bonds is 8. The molecule has 1 heterocycles. The van der Waals surface area contributed by atoms with Gasteiger partial charge in [-0.3, -0.25) is 19.3 Å². The lowest BCUT2D eigenvalue weighted by atomic mass is 10.1. The van der Waals surface area contributed by atoms with Gasteiger partial charge in [-0.1, -0.05) is 29.8 Å². The van der Waals surface area contributed by atoms with E-state index in [1.807, 2.05) is 11.0 Å². The van der Waals surface area contributed by atoms with Crippen molar-refractivity contribution in [2.45, 2.75) is 4.90 Å². The van der Waals surface area contributed by atoms with Crippen LogP contribution >= 0.6 is 11.6 Å². The molecule has 0 aliphatic carbocycles. The Morgan fingerprint density at radius 1 is 1.03 bits per heavy atom. The molecule has 1 fully saturated rings. The second kappa shape index (κ2) is 11.7. The van der Waals surface area contributed by atoms with Crippen molar-refractivity contribution < 1.29 is 22.8 Å². The third kappa shape index (κ3) is 6.50. The zero-order valence-electron chi connectivity index (χ0n) is 21.2. The first-order valence-corrected chi connectivity index (χ1v) is 14.3. The second-order valence-electron chi connectivity index (χ2n) is 9.05. The van der Waals surface area contributed by atoms with Gasteiger partial charge in [0, 0.05) is 49.4 Å². The number of nitrogen functional groups attached to an aromatic ring is 1. The normalized spacial score (nSPS) is 13.6. The molecule has 0 unspecified atom stereocenters. The first-order valence-electron chi connectivity index (χ1n) is 12.1. The molecular weight excluding hydrogens is 542 g/mol. The summed E-state index contributed by atoms with van der Waals surface area (Å²) >= 11 is 6.02. The zero-order chi connectivity index (χ0) is 28.2. The van der Waals surface area contributed by atoms with E-state index in [1.165, 1.54) is 17.0 Å². The lowest BCUT2D eigenvalue weighted by molar-refractivity contribution is -0.129. The lowest BCUT2D eigenvalue weighted by Crippen LogP contribution is -2.52. The summed E-state index contributed by atoms with van der Waals surface area (Å²) in [5.41, 5.74) is 7.90. The Morgan fingerprint density at radius 2 is 1.72 bits per heavy atom. The maximum atomic E-state index is 13.4. The van der Waals surface area contributed by atoms with E-state index in [0.717, 1.165) is 6.26 Å². The smallest absolute Gasteiger partial charge is 0.258 e. The quantitative estimate of drug-likeness (QED) is 0.315. The number of benzene rings is 3. The number of sulfone groups is 1. The number of hydrogen-bond acceptors (Lipinski definition) is 7. The number of nitrogens with zero attached hydrogens (tertiary/aromatic N) is 3. The summed E-state index contributed by atoms with van der Waals surface area (Å²) in [6.07, 6.45) is 1.59. The molecule has 1 aliphatic rings. The fourth-order valence-corrected chi connectivity index (χ4v) is 5.42. The van der Waals surface area contributed by atoms with Crippen LogP contribution in [0.1, 0.15) is 10.4 Å². The van der Waals surface area contributed by atoms with Gasteiger partial charge < -0.3 is 20.9 Å². The predicted molar refractivity (Wildman–Crippen MR) is 152 cm³/mol. The van der Waals surface area contributed by atoms with Gasteiger partial charge in [-0.25, -0.2) is 8.42 Å². The van der Waals surface area contributed by atoms with Gasteiger partial charge in [0.2, 0.25) is 12.3 Å². The maximum Gasteiger partial charge on any atom is 0.258 e. The summed E-state index contributed by atoms with van der Waals surface area (Å²) in [6.45, 7) is 1.26. The van der Waals surface area contributed by atoms with Crippen LogP contribution in [0, 0.1) is 0 Å². The van der Waals surface area contributed by atoms with Crippen LogP contribution in [0.3, 0.4) is 0 Å². The first-order chi connectivity index (χ1) is 18.6. The SMILES string of the molecule is CS(=O)(=O)c1cc(NC=O)ccc1N1CCN(C(=O)CN(C(=O)c2ccc(Cl)c(N)c2)c2ccccc2)CC1. The lowest BCUT2D eigenvalue weighted by Gasteiger charge is -2.37. The van der Waals surface area contributed by atoms with E-state index in [4.69, 9.17) is 17.3 Å². The molecule has 1 saturated heterocycles. The van der Waals surface area contributed by atoms with Crippen molar-refractivity contribution in [3.8, 4) is 0 Å². The molecule has 3 aromatic carbocycles. The fraction of sp³-hybridized carbons (Fsp3) is 0.222. The van der Waals surface area contributed by atoms with Crippen molar-refractivity contribution in [2.24, 2.45) is 0 Å². The van der Waals surface area contributed by atoms with E-state index in [-0.39, 0.29) is 23.0 Å². The average Bonchev–Trinajstić information content (AvgIpc) is 2.93. The van der Waals surface area contributed by atoms with Gasteiger partial charge in [-0.15, -0.1) is 0 Å². The summed E-state index contributed by atoms with van der Waals surface area (Å²) in [4.78, 5) is 42.6. The Labute approximate surface area is 231 Å². The highest BCUT2D eigenvalue weighted by Gasteiger charge is 2.28. The Hall–Kier alpha value is -4.09. The van der Waals surface area contributed by atoms with Gasteiger partial charge in [-0.05, 0) is 48.5 Å². The highest BCUT2D eigenvalue weighted by molar-refractivity contribution is 7.90. The molecule has 0 radical (unpaired) electrons. The summed E-state index contributed by atoms with van der Waals surface area (Å²) in [5, 5.41) is 2.80. The van der Waals surface area contributed by atoms with Crippen molar-refractivity contribution in [1.82, 2.24) is 4.90 Å². The number of piperazine rings is 1. The number of halogens is 1. The first kappa shape index (κ1) is 27.9. The van der Waals surface area contributed by atoms with Gasteiger partial charge in [0.15, 0.2) is 9.84 Å². The van der Waals surface area contributed by atoms with Crippen molar-refractivity contribution in [3.63, 3.8) is 0 Å². The molecule has 3 aromatic rings. The van der Waals surface area contributed by atoms with Crippen molar-refractivity contribution in [1.29, 1.82) is 0 Å². The molecule has 12 heteroatoms. The van der Waals surface area contributed by atoms with Gasteiger partial charge in [0.05, 0.1) is 21.3 Å². The van der Waals surface area contributed by atoms with Gasteiger partial charge in [0.1, 0.15) is 6.54 Å². The molecule has 4 rings (SSSR count). The Balaban J connectivity index is 1.50. The van der Waals surface area contributed by atoms with Gasteiger partial charge >= 0.3 is 0 Å². The number of nitrogens with one attached hydrogen (secondary N) is 1. The summed E-state index contributed by atoms with van der Waals surface area (Å²) in [5.74, 6) is -0.638. The minimum Gasteiger partial charge on any atom is -0.398 e. The molecular formula is C27H28ClN5O5S. The van der Waals surface area contributed by atoms with Crippen molar-refractivity contribution in [3.05, 3.63) is 77.3 Å². The number of para-hydroxylation sites is 1. The number of anilines is 4. The molecule has 0 aromatic heterocycles. The van der Waals surface area contributed by atoms with Crippen LogP contribution < -0.4 is 20.9 Å². The zero-order valence-corrected chi connectivity index (χ0v) is 22.8. The third-order valence-corrected chi connectivity index (χ3v) is 7.88. The molecule has 1 aliphatic heterocycles. The van der Waals surface area contributed by atoms with E-state index >= 15 is 0 Å². The van der Waals surface area contributed by atoms with E-state index in [1.54, 1.807) is 53.4 Å². The van der Waals surface area contributed by atoms with E-state index in [2.05, 4.69) is 5.32 Å². The van der Waals surface area contributed by atoms with Crippen LogP contribution in [0.15, 0.2) is 71.6 Å². The molecule has 0 spiro atoms. The third-order valence-electron chi connectivity index (χ3n) is 6.41. The molecule has 0 atom stereocenters. The van der Waals surface area contributed by atoms with Gasteiger partial charge in [-0.2, -0.15) is 0 Å². The number of amides is 3. The number of carbonyl (C=O) groups excluding carboxylic acids is 3. The summed E-state index contributed by atoms with van der Waals surface area (Å²) in [6, 6.07) is 18.2. The summed E-state index contributed by atoms with van der Waals surface area (Å²) < 4.78 is 24.9. The van der Waals surface area contributed by atoms with Crippen LogP contribution in [-0.4, -0.2) is 70.5 Å². The highest BCUT2D eigenvalue weighted by atomic mass is 35.5. The molecule has 10 nitrogen and oxygen atoms in total. The molecule has 3 N–H and O–H groups in total. The average molecular weight is 570 g/mol. The minimum atomic E-state index is -3.58. The Morgan fingerprint density at radius 3 is 2.33 bits per heavy atom. The van der Waals surface area contributed by atoms with Crippen LogP contribution in [0.2, 0.25) is 5.02 Å². The molecule has 0 bridgehead atoms. The number of nitrogens with two attached hydrogens (primary N) is 1. The standard InChI is InChI=1S/C27H28ClN5O5S/c1-39(37,38)25-16-20(30-18-34)8-10-24(25)31-11-13-32(14-12-31)26(35)17-33(21-5-3-2-4-6-21)27(36)19-7-9-22(28)23(29)15-19/h2-10,15-16,18H,11-14,17,29H2,1H3,(H,30,34). The fourth-order valence-electron chi connectivity index (χ4n) is 4.38. The van der Waals surface area contributed by atoms with E-state index in [9.17, 15) is 22.8 Å². The Kier molecular flexibility index (Phi) is 8.41. The molecule has 204 valence electrons. The van der Waals surface area contributed by atoms with Crippen LogP contribution in [-0.2, 0) is 19.4 Å². The predicted octanol–water partition coefficient (Wildman–Crippen LogP) is 2.89. The van der Waals surface area contributed by atoms with Crippen molar-refractivity contribution in [2.75, 3.05) is 59.8 Å². The molecule has 3 amide bonds. The summed E-state index contributed by atoms with van der Waals surface area (Å²) in [7, 11) is -3.58.